The highest BCUT2D eigenvalue weighted by atomic mass is 19.1. The summed E-state index contributed by atoms with van der Waals surface area (Å²) in [6.45, 7) is 6.00. The normalized spacial score (nSPS) is 13.2. The number of aryl methyl sites for hydroxylation is 2. The van der Waals surface area contributed by atoms with E-state index in [1.54, 1.807) is 13.0 Å². The molecule has 1 unspecified atom stereocenters. The molecule has 2 heteroatoms. The molecule has 15 heavy (non-hydrogen) atoms. The van der Waals surface area contributed by atoms with Gasteiger partial charge in [0.05, 0.1) is 0 Å². The molecule has 0 saturated heterocycles. The molecule has 84 valence electrons. The monoisotopic (exact) mass is 209 g/mol. The van der Waals surface area contributed by atoms with Gasteiger partial charge in [0.15, 0.2) is 0 Å². The van der Waals surface area contributed by atoms with E-state index < -0.39 is 0 Å². The maximum atomic E-state index is 13.2. The van der Waals surface area contributed by atoms with Gasteiger partial charge in [-0.3, -0.25) is 0 Å². The Kier molecular flexibility index (Phi) is 4.28. The van der Waals surface area contributed by atoms with Gasteiger partial charge in [-0.1, -0.05) is 26.0 Å². The first-order valence-corrected chi connectivity index (χ1v) is 5.51. The largest absolute Gasteiger partial charge is 0.327 e. The summed E-state index contributed by atoms with van der Waals surface area (Å²) in [7, 11) is 0. The molecule has 1 aromatic rings. The minimum absolute atomic E-state index is 0.120. The second-order valence-electron chi connectivity index (χ2n) is 4.53. The summed E-state index contributed by atoms with van der Waals surface area (Å²) in [5.41, 5.74) is 7.68. The molecule has 0 aliphatic rings. The smallest absolute Gasteiger partial charge is 0.126 e. The average Bonchev–Trinajstić information content (AvgIpc) is 2.19. The Labute approximate surface area is 91.5 Å². The van der Waals surface area contributed by atoms with Gasteiger partial charge in [-0.2, -0.15) is 0 Å². The maximum absolute atomic E-state index is 13.2. The van der Waals surface area contributed by atoms with Crippen molar-refractivity contribution in [1.29, 1.82) is 0 Å². The topological polar surface area (TPSA) is 26.0 Å². The number of hydrogen-bond donors (Lipinski definition) is 1. The van der Waals surface area contributed by atoms with Gasteiger partial charge in [0.25, 0.3) is 0 Å². The Bertz CT molecular complexity index is 320. The van der Waals surface area contributed by atoms with Crippen molar-refractivity contribution in [3.8, 4) is 0 Å². The fourth-order valence-electron chi connectivity index (χ4n) is 1.46. The van der Waals surface area contributed by atoms with Crippen LogP contribution in [0.25, 0.3) is 0 Å². The minimum atomic E-state index is -0.120. The van der Waals surface area contributed by atoms with Crippen molar-refractivity contribution >= 4 is 0 Å². The lowest BCUT2D eigenvalue weighted by molar-refractivity contribution is 0.464. The number of benzene rings is 1. The van der Waals surface area contributed by atoms with Crippen LogP contribution in [0.2, 0.25) is 0 Å². The number of hydrogen-bond acceptors (Lipinski definition) is 1. The van der Waals surface area contributed by atoms with Gasteiger partial charge in [0.2, 0.25) is 0 Å². The Balaban J connectivity index is 2.55. The molecule has 0 aliphatic heterocycles. The summed E-state index contributed by atoms with van der Waals surface area (Å²) in [5.74, 6) is 0.367. The fraction of sp³-hybridized carbons (Fsp3) is 0.538. The van der Waals surface area contributed by atoms with Crippen molar-refractivity contribution in [2.24, 2.45) is 11.7 Å². The summed E-state index contributed by atoms with van der Waals surface area (Å²) in [4.78, 5) is 0. The maximum Gasteiger partial charge on any atom is 0.126 e. The average molecular weight is 209 g/mol. The van der Waals surface area contributed by atoms with Crippen molar-refractivity contribution < 1.29 is 4.39 Å². The second kappa shape index (κ2) is 5.26. The van der Waals surface area contributed by atoms with Crippen LogP contribution in [0.15, 0.2) is 18.2 Å². The molecule has 0 amide bonds. The van der Waals surface area contributed by atoms with Crippen LogP contribution in [-0.4, -0.2) is 6.04 Å². The highest BCUT2D eigenvalue weighted by molar-refractivity contribution is 5.23. The van der Waals surface area contributed by atoms with Crippen LogP contribution in [0.5, 0.6) is 0 Å². The molecular formula is C13H20FN. The first kappa shape index (κ1) is 12.2. The standard InChI is InChI=1S/C13H20FN/c1-9(2)13(15)7-6-11-5-4-10(3)12(14)8-11/h4-5,8-9,13H,6-7,15H2,1-3H3. The molecule has 2 N–H and O–H groups in total. The van der Waals surface area contributed by atoms with Crippen LogP contribution >= 0.6 is 0 Å². The van der Waals surface area contributed by atoms with Gasteiger partial charge < -0.3 is 5.73 Å². The molecule has 0 spiro atoms. The minimum Gasteiger partial charge on any atom is -0.327 e. The van der Waals surface area contributed by atoms with E-state index in [0.717, 1.165) is 18.4 Å². The van der Waals surface area contributed by atoms with Crippen molar-refractivity contribution in [1.82, 2.24) is 0 Å². The molecular weight excluding hydrogens is 189 g/mol. The molecule has 1 atom stereocenters. The van der Waals surface area contributed by atoms with Crippen LogP contribution in [-0.2, 0) is 6.42 Å². The predicted molar refractivity (Wildman–Crippen MR) is 62.3 cm³/mol. The van der Waals surface area contributed by atoms with E-state index in [9.17, 15) is 4.39 Å². The lowest BCUT2D eigenvalue weighted by Gasteiger charge is -2.15. The third-order valence-electron chi connectivity index (χ3n) is 2.86. The Morgan fingerprint density at radius 3 is 2.53 bits per heavy atom. The molecule has 0 aromatic heterocycles. The highest BCUT2D eigenvalue weighted by Gasteiger charge is 2.08. The lowest BCUT2D eigenvalue weighted by Crippen LogP contribution is -2.26. The summed E-state index contributed by atoms with van der Waals surface area (Å²) in [5, 5.41) is 0. The zero-order valence-electron chi connectivity index (χ0n) is 9.76. The molecule has 0 bridgehead atoms. The van der Waals surface area contributed by atoms with E-state index in [-0.39, 0.29) is 11.9 Å². The SMILES string of the molecule is Cc1ccc(CCC(N)C(C)C)cc1F. The zero-order valence-corrected chi connectivity index (χ0v) is 9.76. The lowest BCUT2D eigenvalue weighted by atomic mass is 9.97. The molecule has 0 aliphatic carbocycles. The number of nitrogens with two attached hydrogens (primary N) is 1. The molecule has 1 aromatic carbocycles. The first-order valence-electron chi connectivity index (χ1n) is 5.51. The summed E-state index contributed by atoms with van der Waals surface area (Å²) >= 11 is 0. The zero-order chi connectivity index (χ0) is 11.4. The first-order chi connectivity index (χ1) is 7.00. The van der Waals surface area contributed by atoms with Crippen LogP contribution in [0.3, 0.4) is 0 Å². The van der Waals surface area contributed by atoms with Crippen molar-refractivity contribution in [3.63, 3.8) is 0 Å². The molecule has 1 rings (SSSR count). The van der Waals surface area contributed by atoms with Crippen LogP contribution in [0.1, 0.15) is 31.4 Å². The quantitative estimate of drug-likeness (QED) is 0.810. The molecule has 0 fully saturated rings. The molecule has 0 heterocycles. The Morgan fingerprint density at radius 2 is 2.00 bits per heavy atom. The summed E-state index contributed by atoms with van der Waals surface area (Å²) < 4.78 is 13.2. The summed E-state index contributed by atoms with van der Waals surface area (Å²) in [6, 6.07) is 5.62. The predicted octanol–water partition coefficient (Wildman–Crippen LogP) is 3.05. The molecule has 0 saturated carbocycles. The summed E-state index contributed by atoms with van der Waals surface area (Å²) in [6.07, 6.45) is 1.77. The Hall–Kier alpha value is -0.890. The Morgan fingerprint density at radius 1 is 1.33 bits per heavy atom. The van der Waals surface area contributed by atoms with Gasteiger partial charge in [-0.05, 0) is 42.9 Å². The van der Waals surface area contributed by atoms with E-state index in [1.807, 2.05) is 12.1 Å². The van der Waals surface area contributed by atoms with Crippen molar-refractivity contribution in [2.75, 3.05) is 0 Å². The fourth-order valence-corrected chi connectivity index (χ4v) is 1.46. The van der Waals surface area contributed by atoms with E-state index in [1.165, 1.54) is 0 Å². The van der Waals surface area contributed by atoms with Gasteiger partial charge in [0.1, 0.15) is 5.82 Å². The highest BCUT2D eigenvalue weighted by Crippen LogP contribution is 2.13. The molecule has 1 nitrogen and oxygen atoms in total. The van der Waals surface area contributed by atoms with E-state index in [2.05, 4.69) is 13.8 Å². The molecule has 0 radical (unpaired) electrons. The van der Waals surface area contributed by atoms with Gasteiger partial charge >= 0.3 is 0 Å². The number of rotatable bonds is 4. The third-order valence-corrected chi connectivity index (χ3v) is 2.86. The van der Waals surface area contributed by atoms with E-state index >= 15 is 0 Å². The van der Waals surface area contributed by atoms with Crippen molar-refractivity contribution in [3.05, 3.63) is 35.1 Å². The second-order valence-corrected chi connectivity index (χ2v) is 4.53. The van der Waals surface area contributed by atoms with Crippen LogP contribution in [0, 0.1) is 18.7 Å². The van der Waals surface area contributed by atoms with Crippen LogP contribution < -0.4 is 5.73 Å². The third kappa shape index (κ3) is 3.63. The van der Waals surface area contributed by atoms with Gasteiger partial charge in [0, 0.05) is 6.04 Å². The van der Waals surface area contributed by atoms with Crippen molar-refractivity contribution in [2.45, 2.75) is 39.7 Å². The van der Waals surface area contributed by atoms with Gasteiger partial charge in [-0.15, -0.1) is 0 Å². The van der Waals surface area contributed by atoms with Gasteiger partial charge in [-0.25, -0.2) is 4.39 Å². The van der Waals surface area contributed by atoms with Crippen LogP contribution in [0.4, 0.5) is 4.39 Å². The number of halogens is 1. The van der Waals surface area contributed by atoms with E-state index in [4.69, 9.17) is 5.73 Å². The van der Waals surface area contributed by atoms with E-state index in [0.29, 0.717) is 11.5 Å².